The van der Waals surface area contributed by atoms with Gasteiger partial charge in [-0.25, -0.2) is 0 Å². The number of halogens is 3. The van der Waals surface area contributed by atoms with E-state index in [4.69, 9.17) is 4.52 Å². The molecular weight excluding hydrogens is 269 g/mol. The highest BCUT2D eigenvalue weighted by Crippen LogP contribution is 2.39. The minimum Gasteiger partial charge on any atom is -0.354 e. The maximum absolute atomic E-state index is 13.1. The number of hydrogen-bond acceptors (Lipinski definition) is 3. The van der Waals surface area contributed by atoms with E-state index in [1.54, 1.807) is 6.07 Å². The first kappa shape index (κ1) is 13.0. The zero-order valence-electron chi connectivity index (χ0n) is 10.6. The largest absolute Gasteiger partial charge is 0.417 e. The Labute approximate surface area is 113 Å². The summed E-state index contributed by atoms with van der Waals surface area (Å²) in [5.41, 5.74) is 0.426. The number of aromatic nitrogens is 1. The third kappa shape index (κ3) is 2.26. The van der Waals surface area contributed by atoms with Crippen LogP contribution in [0.1, 0.15) is 24.0 Å². The van der Waals surface area contributed by atoms with Gasteiger partial charge in [-0.2, -0.15) is 13.2 Å². The Balaban J connectivity index is 2.13. The number of fused-ring (bicyclic) bond motifs is 1. The Bertz CT molecular complexity index is 619. The molecule has 1 aliphatic heterocycles. The smallest absolute Gasteiger partial charge is 0.354 e. The fourth-order valence-electron chi connectivity index (χ4n) is 2.46. The molecule has 20 heavy (non-hydrogen) atoms. The molecule has 1 aromatic carbocycles. The number of rotatable bonds is 1. The highest BCUT2D eigenvalue weighted by atomic mass is 19.4. The average Bonchev–Trinajstić information content (AvgIpc) is 2.66. The van der Waals surface area contributed by atoms with E-state index in [-0.39, 0.29) is 5.56 Å². The SMILES string of the molecule is FC(F)(F)c1ccccc1-c1noc2c1CCCCN2. The molecule has 0 fully saturated rings. The molecule has 0 aliphatic carbocycles. The molecule has 106 valence electrons. The van der Waals surface area contributed by atoms with Crippen molar-refractivity contribution in [3.05, 3.63) is 35.4 Å². The summed E-state index contributed by atoms with van der Waals surface area (Å²) in [6.07, 6.45) is -1.86. The van der Waals surface area contributed by atoms with E-state index in [9.17, 15) is 13.2 Å². The van der Waals surface area contributed by atoms with Crippen LogP contribution in [-0.4, -0.2) is 11.7 Å². The maximum Gasteiger partial charge on any atom is 0.417 e. The van der Waals surface area contributed by atoms with Gasteiger partial charge in [0.25, 0.3) is 0 Å². The van der Waals surface area contributed by atoms with E-state index in [2.05, 4.69) is 10.5 Å². The molecule has 0 saturated carbocycles. The molecule has 3 nitrogen and oxygen atoms in total. The van der Waals surface area contributed by atoms with Gasteiger partial charge in [0.1, 0.15) is 5.69 Å². The third-order valence-corrected chi connectivity index (χ3v) is 3.41. The molecule has 2 heterocycles. The lowest BCUT2D eigenvalue weighted by molar-refractivity contribution is -0.137. The number of alkyl halides is 3. The predicted octanol–water partition coefficient (Wildman–Crippen LogP) is 4.11. The van der Waals surface area contributed by atoms with E-state index >= 15 is 0 Å². The van der Waals surface area contributed by atoms with Crippen molar-refractivity contribution in [2.45, 2.75) is 25.4 Å². The van der Waals surface area contributed by atoms with E-state index in [0.717, 1.165) is 31.0 Å². The standard InChI is InChI=1S/C14H13F3N2O/c15-14(16,17)11-7-2-1-5-9(11)12-10-6-3-4-8-18-13(10)20-19-12/h1-2,5,7,18H,3-4,6,8H2. The lowest BCUT2D eigenvalue weighted by Gasteiger charge is -2.11. The quantitative estimate of drug-likeness (QED) is 0.855. The zero-order chi connectivity index (χ0) is 14.2. The van der Waals surface area contributed by atoms with Crippen molar-refractivity contribution in [3.63, 3.8) is 0 Å². The van der Waals surface area contributed by atoms with Gasteiger partial charge in [0, 0.05) is 17.7 Å². The summed E-state index contributed by atoms with van der Waals surface area (Å²) in [6, 6.07) is 5.46. The van der Waals surface area contributed by atoms with Crippen molar-refractivity contribution in [2.75, 3.05) is 11.9 Å². The number of hydrogen-bond donors (Lipinski definition) is 1. The topological polar surface area (TPSA) is 38.1 Å². The van der Waals surface area contributed by atoms with Gasteiger partial charge >= 0.3 is 6.18 Å². The van der Waals surface area contributed by atoms with E-state index in [0.29, 0.717) is 18.0 Å². The molecule has 0 spiro atoms. The van der Waals surface area contributed by atoms with Crippen molar-refractivity contribution in [1.82, 2.24) is 5.16 Å². The van der Waals surface area contributed by atoms with Gasteiger partial charge < -0.3 is 9.84 Å². The minimum absolute atomic E-state index is 0.0775. The summed E-state index contributed by atoms with van der Waals surface area (Å²) in [5, 5.41) is 6.91. The number of anilines is 1. The summed E-state index contributed by atoms with van der Waals surface area (Å²) < 4.78 is 44.4. The molecule has 0 bridgehead atoms. The van der Waals surface area contributed by atoms with Gasteiger partial charge in [-0.3, -0.25) is 0 Å². The minimum atomic E-state index is -4.40. The van der Waals surface area contributed by atoms with Gasteiger partial charge in [-0.1, -0.05) is 23.4 Å². The lowest BCUT2D eigenvalue weighted by Crippen LogP contribution is -2.07. The predicted molar refractivity (Wildman–Crippen MR) is 68.4 cm³/mol. The van der Waals surface area contributed by atoms with Crippen molar-refractivity contribution in [3.8, 4) is 11.3 Å². The lowest BCUT2D eigenvalue weighted by atomic mass is 9.99. The molecular formula is C14H13F3N2O. The zero-order valence-corrected chi connectivity index (χ0v) is 10.6. The second-order valence-corrected chi connectivity index (χ2v) is 4.77. The molecule has 3 rings (SSSR count). The number of nitrogens with zero attached hydrogens (tertiary/aromatic N) is 1. The first-order valence-corrected chi connectivity index (χ1v) is 6.46. The monoisotopic (exact) mass is 282 g/mol. The summed E-state index contributed by atoms with van der Waals surface area (Å²) >= 11 is 0. The van der Waals surface area contributed by atoms with Crippen LogP contribution in [0.4, 0.5) is 19.1 Å². The average molecular weight is 282 g/mol. The van der Waals surface area contributed by atoms with Crippen LogP contribution in [0.25, 0.3) is 11.3 Å². The van der Waals surface area contributed by atoms with Crippen LogP contribution in [0.3, 0.4) is 0 Å². The Morgan fingerprint density at radius 1 is 1.15 bits per heavy atom. The first-order chi connectivity index (χ1) is 9.57. The molecule has 1 N–H and O–H groups in total. The summed E-state index contributed by atoms with van der Waals surface area (Å²) in [5.74, 6) is 0.495. The molecule has 0 unspecified atom stereocenters. The Kier molecular flexibility index (Phi) is 3.16. The Morgan fingerprint density at radius 2 is 1.95 bits per heavy atom. The molecule has 2 aromatic rings. The summed E-state index contributed by atoms with van der Waals surface area (Å²) in [6.45, 7) is 0.753. The van der Waals surface area contributed by atoms with E-state index in [1.807, 2.05) is 0 Å². The molecule has 0 amide bonds. The van der Waals surface area contributed by atoms with Crippen LogP contribution in [-0.2, 0) is 12.6 Å². The second kappa shape index (κ2) is 4.85. The van der Waals surface area contributed by atoms with Crippen LogP contribution >= 0.6 is 0 Å². The van der Waals surface area contributed by atoms with Crippen molar-refractivity contribution in [2.24, 2.45) is 0 Å². The van der Waals surface area contributed by atoms with Crippen LogP contribution in [0.5, 0.6) is 0 Å². The molecule has 1 aliphatic rings. The molecule has 0 radical (unpaired) electrons. The van der Waals surface area contributed by atoms with E-state index < -0.39 is 11.7 Å². The highest BCUT2D eigenvalue weighted by Gasteiger charge is 2.35. The number of benzene rings is 1. The molecule has 0 saturated heterocycles. The normalized spacial score (nSPS) is 15.3. The number of nitrogens with one attached hydrogen (secondary N) is 1. The molecule has 6 heteroatoms. The van der Waals surface area contributed by atoms with Gasteiger partial charge in [-0.05, 0) is 25.3 Å². The Hall–Kier alpha value is -1.98. The molecule has 0 atom stereocenters. The van der Waals surface area contributed by atoms with Gasteiger partial charge in [-0.15, -0.1) is 0 Å². The Morgan fingerprint density at radius 3 is 2.75 bits per heavy atom. The fourth-order valence-corrected chi connectivity index (χ4v) is 2.46. The van der Waals surface area contributed by atoms with Crippen LogP contribution in [0, 0.1) is 0 Å². The van der Waals surface area contributed by atoms with Crippen molar-refractivity contribution in [1.29, 1.82) is 0 Å². The third-order valence-electron chi connectivity index (χ3n) is 3.41. The maximum atomic E-state index is 13.1. The second-order valence-electron chi connectivity index (χ2n) is 4.77. The van der Waals surface area contributed by atoms with Crippen LogP contribution in [0.15, 0.2) is 28.8 Å². The first-order valence-electron chi connectivity index (χ1n) is 6.46. The van der Waals surface area contributed by atoms with Gasteiger partial charge in [0.2, 0.25) is 5.88 Å². The summed E-state index contributed by atoms with van der Waals surface area (Å²) in [4.78, 5) is 0. The molecule has 1 aromatic heterocycles. The van der Waals surface area contributed by atoms with Crippen LogP contribution < -0.4 is 5.32 Å². The van der Waals surface area contributed by atoms with E-state index in [1.165, 1.54) is 12.1 Å². The van der Waals surface area contributed by atoms with Crippen molar-refractivity contribution >= 4 is 5.88 Å². The highest BCUT2D eigenvalue weighted by molar-refractivity contribution is 5.71. The fraction of sp³-hybridized carbons (Fsp3) is 0.357. The van der Waals surface area contributed by atoms with Gasteiger partial charge in [0.05, 0.1) is 5.56 Å². The van der Waals surface area contributed by atoms with Crippen molar-refractivity contribution < 1.29 is 17.7 Å². The van der Waals surface area contributed by atoms with Crippen LogP contribution in [0.2, 0.25) is 0 Å². The van der Waals surface area contributed by atoms with Gasteiger partial charge in [0.15, 0.2) is 0 Å². The summed E-state index contributed by atoms with van der Waals surface area (Å²) in [7, 11) is 0.